The van der Waals surface area contributed by atoms with Crippen LogP contribution in [0.4, 0.5) is 0 Å². The summed E-state index contributed by atoms with van der Waals surface area (Å²) in [6.07, 6.45) is -0.537. The lowest BCUT2D eigenvalue weighted by Crippen LogP contribution is -2.10. The van der Waals surface area contributed by atoms with Crippen molar-refractivity contribution < 1.29 is 9.84 Å². The Kier molecular flexibility index (Phi) is 3.43. The van der Waals surface area contributed by atoms with Gasteiger partial charge in [-0.25, -0.2) is 0 Å². The summed E-state index contributed by atoms with van der Waals surface area (Å²) >= 11 is 0. The number of pyridine rings is 1. The Labute approximate surface area is 82.8 Å². The number of hydrogen-bond donors (Lipinski definition) is 1. The Morgan fingerprint density at radius 1 is 1.64 bits per heavy atom. The first-order valence-corrected chi connectivity index (χ1v) is 4.31. The van der Waals surface area contributed by atoms with Crippen LogP contribution in [-0.4, -0.2) is 16.2 Å². The molecule has 0 radical (unpaired) electrons. The van der Waals surface area contributed by atoms with Crippen LogP contribution in [0.3, 0.4) is 0 Å². The Morgan fingerprint density at radius 2 is 2.36 bits per heavy atom. The number of hydrogen-bond acceptors (Lipinski definition) is 4. The number of nitrogens with zero attached hydrogens (tertiary/aromatic N) is 2. The molecule has 0 saturated heterocycles. The number of rotatable bonds is 3. The molecule has 0 fully saturated rings. The highest BCUT2D eigenvalue weighted by atomic mass is 16.5. The molecule has 1 unspecified atom stereocenters. The van der Waals surface area contributed by atoms with E-state index in [-0.39, 0.29) is 6.61 Å². The van der Waals surface area contributed by atoms with E-state index in [1.165, 1.54) is 0 Å². The largest absolute Gasteiger partial charge is 0.474 e. The lowest BCUT2D eigenvalue weighted by Gasteiger charge is -2.10. The molecular formula is C10H12N2O2. The van der Waals surface area contributed by atoms with Gasteiger partial charge in [-0.15, -0.1) is 0 Å². The highest BCUT2D eigenvalue weighted by Gasteiger charge is 2.08. The Morgan fingerprint density at radius 3 is 2.93 bits per heavy atom. The maximum atomic E-state index is 9.00. The maximum Gasteiger partial charge on any atom is 0.181 e. The molecule has 1 aromatic heterocycles. The SMILES string of the molecule is Cc1ccc(OC(C)C#N)c(CO)n1. The second-order valence-electron chi connectivity index (χ2n) is 2.94. The van der Waals surface area contributed by atoms with E-state index in [4.69, 9.17) is 15.1 Å². The van der Waals surface area contributed by atoms with Gasteiger partial charge in [-0.3, -0.25) is 4.98 Å². The Balaban J connectivity index is 2.92. The van der Waals surface area contributed by atoms with Gasteiger partial charge in [-0.05, 0) is 26.0 Å². The maximum absolute atomic E-state index is 9.00. The summed E-state index contributed by atoms with van der Waals surface area (Å²) in [6.45, 7) is 3.28. The van der Waals surface area contributed by atoms with Crippen LogP contribution in [0.25, 0.3) is 0 Å². The summed E-state index contributed by atoms with van der Waals surface area (Å²) in [7, 11) is 0. The van der Waals surface area contributed by atoms with Crippen molar-refractivity contribution in [1.29, 1.82) is 5.26 Å². The van der Waals surface area contributed by atoms with E-state index in [0.717, 1.165) is 5.69 Å². The second-order valence-corrected chi connectivity index (χ2v) is 2.94. The molecule has 14 heavy (non-hydrogen) atoms. The molecule has 0 aromatic carbocycles. The first-order valence-electron chi connectivity index (χ1n) is 4.31. The molecule has 1 atom stereocenters. The van der Waals surface area contributed by atoms with Crippen molar-refractivity contribution in [3.8, 4) is 11.8 Å². The molecule has 4 nitrogen and oxygen atoms in total. The van der Waals surface area contributed by atoms with E-state index in [1.54, 1.807) is 19.1 Å². The zero-order valence-electron chi connectivity index (χ0n) is 8.19. The molecule has 0 aliphatic carbocycles. The summed E-state index contributed by atoms with van der Waals surface area (Å²) in [5, 5.41) is 17.6. The van der Waals surface area contributed by atoms with Crippen LogP contribution in [0.2, 0.25) is 0 Å². The smallest absolute Gasteiger partial charge is 0.181 e. The molecule has 0 spiro atoms. The third-order valence-corrected chi connectivity index (χ3v) is 1.71. The summed E-state index contributed by atoms with van der Waals surface area (Å²) in [6, 6.07) is 5.43. The van der Waals surface area contributed by atoms with Crippen molar-refractivity contribution in [2.75, 3.05) is 0 Å². The average Bonchev–Trinajstić information content (AvgIpc) is 2.20. The van der Waals surface area contributed by atoms with Gasteiger partial charge >= 0.3 is 0 Å². The van der Waals surface area contributed by atoms with E-state index in [9.17, 15) is 0 Å². The zero-order chi connectivity index (χ0) is 10.6. The van der Waals surface area contributed by atoms with Gasteiger partial charge in [-0.2, -0.15) is 5.26 Å². The summed E-state index contributed by atoms with van der Waals surface area (Å²) in [5.41, 5.74) is 1.28. The first-order chi connectivity index (χ1) is 6.67. The third kappa shape index (κ3) is 2.44. The predicted octanol–water partition coefficient (Wildman–Crippen LogP) is 1.17. The number of aliphatic hydroxyl groups is 1. The van der Waals surface area contributed by atoms with Crippen LogP contribution in [0.5, 0.6) is 5.75 Å². The van der Waals surface area contributed by atoms with Crippen LogP contribution in [-0.2, 0) is 6.61 Å². The van der Waals surface area contributed by atoms with Crippen molar-refractivity contribution in [2.24, 2.45) is 0 Å². The van der Waals surface area contributed by atoms with Gasteiger partial charge in [0.05, 0.1) is 6.61 Å². The van der Waals surface area contributed by atoms with Crippen molar-refractivity contribution in [1.82, 2.24) is 4.98 Å². The summed E-state index contributed by atoms with van der Waals surface area (Å²) < 4.78 is 5.26. The highest BCUT2D eigenvalue weighted by molar-refractivity contribution is 5.29. The molecule has 0 amide bonds. The van der Waals surface area contributed by atoms with E-state index in [2.05, 4.69) is 4.98 Å². The zero-order valence-corrected chi connectivity index (χ0v) is 8.19. The molecule has 74 valence electrons. The molecule has 0 bridgehead atoms. The first kappa shape index (κ1) is 10.5. The monoisotopic (exact) mass is 192 g/mol. The minimum absolute atomic E-state index is 0.185. The minimum atomic E-state index is -0.537. The van der Waals surface area contributed by atoms with Crippen molar-refractivity contribution in [3.63, 3.8) is 0 Å². The molecule has 4 heteroatoms. The van der Waals surface area contributed by atoms with Crippen molar-refractivity contribution >= 4 is 0 Å². The van der Waals surface area contributed by atoms with Crippen molar-refractivity contribution in [3.05, 3.63) is 23.5 Å². The number of ether oxygens (including phenoxy) is 1. The molecule has 1 heterocycles. The summed E-state index contributed by atoms with van der Waals surface area (Å²) in [4.78, 5) is 4.09. The van der Waals surface area contributed by atoms with Gasteiger partial charge in [0.15, 0.2) is 6.10 Å². The van der Waals surface area contributed by atoms with Crippen LogP contribution >= 0.6 is 0 Å². The third-order valence-electron chi connectivity index (χ3n) is 1.71. The molecule has 0 saturated carbocycles. The fourth-order valence-corrected chi connectivity index (χ4v) is 1.04. The van der Waals surface area contributed by atoms with Gasteiger partial charge in [0, 0.05) is 5.69 Å². The normalized spacial score (nSPS) is 11.9. The van der Waals surface area contributed by atoms with E-state index >= 15 is 0 Å². The number of nitriles is 1. The number of aromatic nitrogens is 1. The molecule has 1 rings (SSSR count). The second kappa shape index (κ2) is 4.58. The molecule has 1 aromatic rings. The van der Waals surface area contributed by atoms with E-state index in [1.807, 2.05) is 13.0 Å². The average molecular weight is 192 g/mol. The van der Waals surface area contributed by atoms with Crippen LogP contribution < -0.4 is 4.74 Å². The van der Waals surface area contributed by atoms with Crippen LogP contribution in [0.15, 0.2) is 12.1 Å². The standard InChI is InChI=1S/C10H12N2O2/c1-7-3-4-10(9(6-13)12-7)14-8(2)5-11/h3-4,8,13H,6H2,1-2H3. The molecule has 0 aliphatic heterocycles. The van der Waals surface area contributed by atoms with Gasteiger partial charge in [0.2, 0.25) is 0 Å². The molecular weight excluding hydrogens is 180 g/mol. The Hall–Kier alpha value is -1.60. The fraction of sp³-hybridized carbons (Fsp3) is 0.400. The van der Waals surface area contributed by atoms with Gasteiger partial charge in [0.1, 0.15) is 17.5 Å². The lowest BCUT2D eigenvalue weighted by atomic mass is 10.3. The number of aryl methyl sites for hydroxylation is 1. The van der Waals surface area contributed by atoms with E-state index in [0.29, 0.717) is 11.4 Å². The van der Waals surface area contributed by atoms with Crippen LogP contribution in [0.1, 0.15) is 18.3 Å². The summed E-state index contributed by atoms with van der Waals surface area (Å²) in [5.74, 6) is 0.465. The highest BCUT2D eigenvalue weighted by Crippen LogP contribution is 2.18. The topological polar surface area (TPSA) is 66.1 Å². The Bertz CT molecular complexity index is 358. The van der Waals surface area contributed by atoms with Gasteiger partial charge < -0.3 is 9.84 Å². The minimum Gasteiger partial charge on any atom is -0.474 e. The van der Waals surface area contributed by atoms with Crippen molar-refractivity contribution in [2.45, 2.75) is 26.6 Å². The quantitative estimate of drug-likeness (QED) is 0.780. The molecule has 1 N–H and O–H groups in total. The number of aliphatic hydroxyl groups excluding tert-OH is 1. The predicted molar refractivity (Wildman–Crippen MR) is 50.6 cm³/mol. The lowest BCUT2D eigenvalue weighted by molar-refractivity contribution is 0.242. The van der Waals surface area contributed by atoms with E-state index < -0.39 is 6.10 Å². The van der Waals surface area contributed by atoms with Gasteiger partial charge in [-0.1, -0.05) is 0 Å². The van der Waals surface area contributed by atoms with Crippen LogP contribution in [0, 0.1) is 18.3 Å². The fourth-order valence-electron chi connectivity index (χ4n) is 1.04. The molecule has 0 aliphatic rings. The van der Waals surface area contributed by atoms with Gasteiger partial charge in [0.25, 0.3) is 0 Å².